The SMILES string of the molecule is COc1c(C(C)C)cc2c(c1OC)[C@@]13CCCC(C)(C)[C@@H]1[C@@H](O)[C@@H]2OC3=O. The second-order valence-corrected chi connectivity index (χ2v) is 9.26. The number of hydrogen-bond donors (Lipinski definition) is 1. The monoisotopic (exact) mass is 374 g/mol. The molecule has 2 heterocycles. The molecular weight excluding hydrogens is 344 g/mol. The zero-order valence-corrected chi connectivity index (χ0v) is 17.1. The van der Waals surface area contributed by atoms with Crippen LogP contribution >= 0.6 is 0 Å². The third-order valence-electron chi connectivity index (χ3n) is 7.09. The van der Waals surface area contributed by atoms with E-state index in [1.807, 2.05) is 0 Å². The van der Waals surface area contributed by atoms with E-state index in [-0.39, 0.29) is 23.2 Å². The van der Waals surface area contributed by atoms with Gasteiger partial charge in [-0.25, -0.2) is 0 Å². The van der Waals surface area contributed by atoms with Crippen molar-refractivity contribution >= 4 is 5.97 Å². The van der Waals surface area contributed by atoms with Crippen molar-refractivity contribution in [1.29, 1.82) is 0 Å². The van der Waals surface area contributed by atoms with Crippen molar-refractivity contribution in [2.24, 2.45) is 11.3 Å². The third-order valence-corrected chi connectivity index (χ3v) is 7.09. The average Bonchev–Trinajstić information content (AvgIpc) is 2.61. The van der Waals surface area contributed by atoms with E-state index in [0.717, 1.165) is 29.5 Å². The molecule has 1 saturated carbocycles. The number of aliphatic hydroxyl groups is 1. The van der Waals surface area contributed by atoms with E-state index >= 15 is 0 Å². The van der Waals surface area contributed by atoms with Crippen LogP contribution in [-0.2, 0) is 14.9 Å². The highest BCUT2D eigenvalue weighted by atomic mass is 16.6. The molecule has 4 atom stereocenters. The highest BCUT2D eigenvalue weighted by Crippen LogP contribution is 2.66. The molecule has 27 heavy (non-hydrogen) atoms. The number of benzene rings is 1. The van der Waals surface area contributed by atoms with Gasteiger partial charge in [-0.15, -0.1) is 0 Å². The molecule has 2 aliphatic heterocycles. The first-order valence-electron chi connectivity index (χ1n) is 9.89. The lowest BCUT2D eigenvalue weighted by atomic mass is 9.46. The van der Waals surface area contributed by atoms with Gasteiger partial charge in [0.25, 0.3) is 0 Å². The van der Waals surface area contributed by atoms with E-state index in [9.17, 15) is 9.90 Å². The van der Waals surface area contributed by atoms with Gasteiger partial charge in [0.05, 0.1) is 20.3 Å². The third kappa shape index (κ3) is 2.18. The lowest BCUT2D eigenvalue weighted by Gasteiger charge is -2.60. The maximum atomic E-state index is 13.3. The van der Waals surface area contributed by atoms with Gasteiger partial charge in [-0.3, -0.25) is 4.79 Å². The van der Waals surface area contributed by atoms with Crippen molar-refractivity contribution < 1.29 is 24.1 Å². The molecule has 0 aromatic heterocycles. The normalized spacial score (nSPS) is 33.3. The first-order chi connectivity index (χ1) is 12.7. The smallest absolute Gasteiger partial charge is 0.317 e. The quantitative estimate of drug-likeness (QED) is 0.814. The minimum atomic E-state index is -0.876. The molecule has 4 aliphatic rings. The summed E-state index contributed by atoms with van der Waals surface area (Å²) >= 11 is 0. The highest BCUT2D eigenvalue weighted by Gasteiger charge is 2.68. The summed E-state index contributed by atoms with van der Waals surface area (Å²) < 4.78 is 17.4. The number of rotatable bonds is 3. The fourth-order valence-corrected chi connectivity index (χ4v) is 6.08. The summed E-state index contributed by atoms with van der Waals surface area (Å²) in [5.41, 5.74) is 1.74. The van der Waals surface area contributed by atoms with E-state index in [2.05, 4.69) is 33.8 Å². The number of fused-ring (bicyclic) bond motifs is 1. The predicted molar refractivity (Wildman–Crippen MR) is 101 cm³/mol. The molecule has 0 unspecified atom stereocenters. The Kier molecular flexibility index (Phi) is 4.05. The van der Waals surface area contributed by atoms with Crippen LogP contribution in [0.3, 0.4) is 0 Å². The molecular formula is C22H30O5. The Bertz CT molecular complexity index is 796. The van der Waals surface area contributed by atoms with Crippen molar-refractivity contribution in [1.82, 2.24) is 0 Å². The summed E-state index contributed by atoms with van der Waals surface area (Å²) in [5.74, 6) is 1.12. The molecule has 1 spiro atoms. The maximum Gasteiger partial charge on any atom is 0.317 e. The number of esters is 1. The molecule has 1 saturated heterocycles. The lowest BCUT2D eigenvalue weighted by Crippen LogP contribution is -2.65. The van der Waals surface area contributed by atoms with Gasteiger partial charge in [-0.2, -0.15) is 0 Å². The number of carbonyl (C=O) groups is 1. The Labute approximate surface area is 161 Å². The minimum Gasteiger partial charge on any atom is -0.493 e. The standard InChI is InChI=1S/C22H30O5/c1-11(2)12-10-13-14(18(26-6)17(12)25-5)22-9-7-8-21(3,4)19(22)15(23)16(13)27-20(22)24/h10-11,15-16,19,23H,7-9H2,1-6H3/t15-,16+,19-,22-/m0/s1. The van der Waals surface area contributed by atoms with Gasteiger partial charge in [0.15, 0.2) is 17.6 Å². The summed E-state index contributed by atoms with van der Waals surface area (Å²) in [6.07, 6.45) is 1.21. The molecule has 1 N–H and O–H groups in total. The van der Waals surface area contributed by atoms with Crippen LogP contribution in [0.1, 0.15) is 75.7 Å². The summed E-state index contributed by atoms with van der Waals surface area (Å²) in [7, 11) is 3.27. The summed E-state index contributed by atoms with van der Waals surface area (Å²) in [4.78, 5) is 13.3. The molecule has 148 valence electrons. The summed E-state index contributed by atoms with van der Waals surface area (Å²) in [5, 5.41) is 11.3. The molecule has 1 aromatic carbocycles. The minimum absolute atomic E-state index is 0.165. The largest absolute Gasteiger partial charge is 0.493 e. The Morgan fingerprint density at radius 1 is 1.19 bits per heavy atom. The maximum absolute atomic E-state index is 13.3. The predicted octanol–water partition coefficient (Wildman–Crippen LogP) is 3.86. The molecule has 1 aromatic rings. The fraction of sp³-hybridized carbons (Fsp3) is 0.682. The van der Waals surface area contributed by atoms with Crippen LogP contribution in [0.4, 0.5) is 0 Å². The van der Waals surface area contributed by atoms with Gasteiger partial charge in [-0.1, -0.05) is 34.1 Å². The van der Waals surface area contributed by atoms with E-state index in [0.29, 0.717) is 17.9 Å². The number of aliphatic hydroxyl groups excluding tert-OH is 1. The zero-order valence-electron chi connectivity index (χ0n) is 17.1. The topological polar surface area (TPSA) is 65.0 Å². The Morgan fingerprint density at radius 2 is 1.85 bits per heavy atom. The van der Waals surface area contributed by atoms with Crippen molar-refractivity contribution in [2.75, 3.05) is 14.2 Å². The Morgan fingerprint density at radius 3 is 2.44 bits per heavy atom. The average molecular weight is 374 g/mol. The van der Waals surface area contributed by atoms with E-state index in [4.69, 9.17) is 14.2 Å². The Hall–Kier alpha value is -1.75. The van der Waals surface area contributed by atoms with Crippen LogP contribution in [0.5, 0.6) is 11.5 Å². The van der Waals surface area contributed by atoms with Crippen LogP contribution in [-0.4, -0.2) is 31.4 Å². The number of ether oxygens (including phenoxy) is 3. The van der Waals surface area contributed by atoms with Crippen LogP contribution in [0.25, 0.3) is 0 Å². The number of methoxy groups -OCH3 is 2. The number of carbonyl (C=O) groups excluding carboxylic acids is 1. The summed E-state index contributed by atoms with van der Waals surface area (Å²) in [6, 6.07) is 2.06. The molecule has 0 amide bonds. The molecule has 2 aliphatic carbocycles. The second kappa shape index (κ2) is 5.87. The highest BCUT2D eigenvalue weighted by molar-refractivity contribution is 5.90. The van der Waals surface area contributed by atoms with Crippen molar-refractivity contribution in [3.05, 3.63) is 22.8 Å². The molecule has 2 bridgehead atoms. The molecule has 5 rings (SSSR count). The van der Waals surface area contributed by atoms with Crippen LogP contribution in [0.2, 0.25) is 0 Å². The molecule has 0 radical (unpaired) electrons. The van der Waals surface area contributed by atoms with Gasteiger partial charge in [0.1, 0.15) is 5.41 Å². The van der Waals surface area contributed by atoms with E-state index in [1.165, 1.54) is 0 Å². The van der Waals surface area contributed by atoms with Crippen LogP contribution in [0.15, 0.2) is 6.07 Å². The van der Waals surface area contributed by atoms with Crippen LogP contribution < -0.4 is 9.47 Å². The second-order valence-electron chi connectivity index (χ2n) is 9.26. The molecule has 5 nitrogen and oxygen atoms in total. The Balaban J connectivity index is 2.09. The van der Waals surface area contributed by atoms with Gasteiger partial charge in [-0.05, 0) is 30.2 Å². The fourth-order valence-electron chi connectivity index (χ4n) is 6.08. The van der Waals surface area contributed by atoms with Gasteiger partial charge in [0.2, 0.25) is 0 Å². The van der Waals surface area contributed by atoms with Crippen molar-refractivity contribution in [3.8, 4) is 11.5 Å². The first kappa shape index (κ1) is 18.6. The van der Waals surface area contributed by atoms with Gasteiger partial charge in [0, 0.05) is 22.6 Å². The summed E-state index contributed by atoms with van der Waals surface area (Å²) in [6.45, 7) is 8.50. The van der Waals surface area contributed by atoms with Crippen molar-refractivity contribution in [2.45, 2.75) is 70.5 Å². The lowest BCUT2D eigenvalue weighted by molar-refractivity contribution is -0.213. The number of hydrogen-bond acceptors (Lipinski definition) is 5. The molecule has 5 heteroatoms. The first-order valence-corrected chi connectivity index (χ1v) is 9.89. The van der Waals surface area contributed by atoms with E-state index in [1.54, 1.807) is 14.2 Å². The zero-order chi connectivity index (χ0) is 19.7. The van der Waals surface area contributed by atoms with E-state index < -0.39 is 17.6 Å². The van der Waals surface area contributed by atoms with Crippen LogP contribution in [0, 0.1) is 11.3 Å². The van der Waals surface area contributed by atoms with Gasteiger partial charge < -0.3 is 19.3 Å². The van der Waals surface area contributed by atoms with Gasteiger partial charge >= 0.3 is 5.97 Å². The molecule has 2 fully saturated rings. The van der Waals surface area contributed by atoms with Crippen molar-refractivity contribution in [3.63, 3.8) is 0 Å².